The first-order valence-corrected chi connectivity index (χ1v) is 12.8. The fourth-order valence-electron chi connectivity index (χ4n) is 5.79. The number of halogens is 2. The minimum Gasteiger partial charge on any atom is -0.492 e. The second-order valence-corrected chi connectivity index (χ2v) is 9.92. The van der Waals surface area contributed by atoms with Crippen molar-refractivity contribution in [2.75, 3.05) is 6.61 Å². The maximum Gasteiger partial charge on any atom is 0.152 e. The summed E-state index contributed by atoms with van der Waals surface area (Å²) in [6.45, 7) is 4.68. The molecule has 2 fully saturated rings. The van der Waals surface area contributed by atoms with Gasteiger partial charge in [-0.05, 0) is 81.3 Å². The number of ether oxygens (including phenoxy) is 1. The lowest BCUT2D eigenvalue weighted by atomic mass is 9.68. The summed E-state index contributed by atoms with van der Waals surface area (Å²) >= 11 is 6.08. The van der Waals surface area contributed by atoms with E-state index in [1.165, 1.54) is 70.6 Å². The minimum absolute atomic E-state index is 0.0843. The molecular weight excluding hydrogens is 395 g/mol. The van der Waals surface area contributed by atoms with Gasteiger partial charge in [0.25, 0.3) is 0 Å². The van der Waals surface area contributed by atoms with Crippen LogP contribution in [0, 0.1) is 29.5 Å². The van der Waals surface area contributed by atoms with Gasteiger partial charge in [-0.1, -0.05) is 69.2 Å². The summed E-state index contributed by atoms with van der Waals surface area (Å²) in [4.78, 5) is 0. The Morgan fingerprint density at radius 2 is 1.53 bits per heavy atom. The fraction of sp³-hybridized carbons (Fsp3) is 0.704. The Balaban J connectivity index is 1.38. The predicted molar refractivity (Wildman–Crippen MR) is 127 cm³/mol. The lowest BCUT2D eigenvalue weighted by molar-refractivity contribution is 0.141. The zero-order valence-corrected chi connectivity index (χ0v) is 19.7. The van der Waals surface area contributed by atoms with E-state index in [9.17, 15) is 4.39 Å². The first kappa shape index (κ1) is 23.6. The second-order valence-electron chi connectivity index (χ2n) is 9.54. The SMILES string of the molecule is CCCC1CCC(C2CCC(CC/C=C/c3ccc(OCC)c(Cl)c3F)CC2)CC1. The fourth-order valence-corrected chi connectivity index (χ4v) is 6.02. The number of hydrogen-bond donors (Lipinski definition) is 0. The van der Waals surface area contributed by atoms with Crippen LogP contribution in [0.3, 0.4) is 0 Å². The van der Waals surface area contributed by atoms with Gasteiger partial charge in [-0.15, -0.1) is 0 Å². The molecular formula is C27H40ClFO. The van der Waals surface area contributed by atoms with Gasteiger partial charge in [-0.3, -0.25) is 0 Å². The molecule has 0 atom stereocenters. The highest BCUT2D eigenvalue weighted by atomic mass is 35.5. The Morgan fingerprint density at radius 1 is 0.933 bits per heavy atom. The quantitative estimate of drug-likeness (QED) is 0.376. The van der Waals surface area contributed by atoms with Crippen LogP contribution in [0.1, 0.15) is 96.5 Å². The van der Waals surface area contributed by atoms with Crippen molar-refractivity contribution >= 4 is 17.7 Å². The van der Waals surface area contributed by atoms with Gasteiger partial charge < -0.3 is 4.74 Å². The second kappa shape index (κ2) is 12.1. The van der Waals surface area contributed by atoms with Gasteiger partial charge >= 0.3 is 0 Å². The van der Waals surface area contributed by atoms with Crippen LogP contribution in [0.5, 0.6) is 5.75 Å². The molecule has 0 saturated heterocycles. The Labute approximate surface area is 188 Å². The molecule has 1 aromatic rings. The third-order valence-electron chi connectivity index (χ3n) is 7.56. The summed E-state index contributed by atoms with van der Waals surface area (Å²) in [6.07, 6.45) is 20.6. The summed E-state index contributed by atoms with van der Waals surface area (Å²) < 4.78 is 19.7. The molecule has 2 saturated carbocycles. The third-order valence-corrected chi connectivity index (χ3v) is 7.91. The van der Waals surface area contributed by atoms with E-state index in [4.69, 9.17) is 16.3 Å². The van der Waals surface area contributed by atoms with Gasteiger partial charge in [0.05, 0.1) is 6.61 Å². The van der Waals surface area contributed by atoms with E-state index in [1.807, 2.05) is 13.0 Å². The Bertz CT molecular complexity index is 670. The normalized spacial score (nSPS) is 27.5. The van der Waals surface area contributed by atoms with Gasteiger partial charge in [0.1, 0.15) is 10.8 Å². The van der Waals surface area contributed by atoms with E-state index in [0.29, 0.717) is 17.9 Å². The lowest BCUT2D eigenvalue weighted by Crippen LogP contribution is -2.25. The first-order valence-electron chi connectivity index (χ1n) is 12.4. The minimum atomic E-state index is -0.381. The molecule has 168 valence electrons. The van der Waals surface area contributed by atoms with Gasteiger partial charge in [0.2, 0.25) is 0 Å². The zero-order chi connectivity index (χ0) is 21.3. The van der Waals surface area contributed by atoms with E-state index in [1.54, 1.807) is 12.1 Å². The summed E-state index contributed by atoms with van der Waals surface area (Å²) in [5.74, 6) is 3.89. The van der Waals surface area contributed by atoms with Gasteiger partial charge in [-0.25, -0.2) is 4.39 Å². The van der Waals surface area contributed by atoms with Crippen molar-refractivity contribution in [2.24, 2.45) is 23.7 Å². The largest absolute Gasteiger partial charge is 0.492 e. The number of hydrogen-bond acceptors (Lipinski definition) is 1. The van der Waals surface area contributed by atoms with Gasteiger partial charge in [-0.2, -0.15) is 0 Å². The molecule has 0 amide bonds. The Kier molecular flexibility index (Phi) is 9.56. The monoisotopic (exact) mass is 434 g/mol. The van der Waals surface area contributed by atoms with Crippen molar-refractivity contribution in [1.29, 1.82) is 0 Å². The van der Waals surface area contributed by atoms with Crippen LogP contribution in [0.2, 0.25) is 5.02 Å². The highest BCUT2D eigenvalue weighted by molar-refractivity contribution is 6.32. The number of allylic oxidation sites excluding steroid dienone is 1. The summed E-state index contributed by atoms with van der Waals surface area (Å²) in [6, 6.07) is 3.51. The van der Waals surface area contributed by atoms with E-state index in [2.05, 4.69) is 13.0 Å². The smallest absolute Gasteiger partial charge is 0.152 e. The first-order chi connectivity index (χ1) is 14.6. The number of rotatable bonds is 9. The molecule has 0 bridgehead atoms. The maximum absolute atomic E-state index is 14.4. The molecule has 3 heteroatoms. The van der Waals surface area contributed by atoms with Gasteiger partial charge in [0, 0.05) is 5.56 Å². The van der Waals surface area contributed by atoms with E-state index >= 15 is 0 Å². The molecule has 2 aliphatic rings. The van der Waals surface area contributed by atoms with Crippen LogP contribution in [-0.2, 0) is 0 Å². The highest BCUT2D eigenvalue weighted by Gasteiger charge is 2.30. The van der Waals surface area contributed by atoms with Crippen molar-refractivity contribution in [3.05, 3.63) is 34.6 Å². The van der Waals surface area contributed by atoms with Crippen LogP contribution >= 0.6 is 11.6 Å². The van der Waals surface area contributed by atoms with Crippen LogP contribution in [0.15, 0.2) is 18.2 Å². The molecule has 0 radical (unpaired) electrons. The Hall–Kier alpha value is -1.02. The highest BCUT2D eigenvalue weighted by Crippen LogP contribution is 2.43. The Morgan fingerprint density at radius 3 is 2.10 bits per heavy atom. The van der Waals surface area contributed by atoms with E-state index < -0.39 is 0 Å². The van der Waals surface area contributed by atoms with E-state index in [0.717, 1.165) is 30.1 Å². The van der Waals surface area contributed by atoms with Crippen LogP contribution in [-0.4, -0.2) is 6.61 Å². The third kappa shape index (κ3) is 6.49. The van der Waals surface area contributed by atoms with Crippen molar-refractivity contribution in [3.63, 3.8) is 0 Å². The zero-order valence-electron chi connectivity index (χ0n) is 19.0. The molecule has 0 N–H and O–H groups in total. The van der Waals surface area contributed by atoms with Crippen LogP contribution < -0.4 is 4.74 Å². The molecule has 0 unspecified atom stereocenters. The molecule has 0 aliphatic heterocycles. The van der Waals surface area contributed by atoms with Crippen molar-refractivity contribution in [1.82, 2.24) is 0 Å². The van der Waals surface area contributed by atoms with Gasteiger partial charge in [0.15, 0.2) is 5.82 Å². The van der Waals surface area contributed by atoms with E-state index in [-0.39, 0.29) is 10.8 Å². The molecule has 2 aliphatic carbocycles. The van der Waals surface area contributed by atoms with Crippen LogP contribution in [0.25, 0.3) is 6.08 Å². The van der Waals surface area contributed by atoms with Crippen molar-refractivity contribution in [3.8, 4) is 5.75 Å². The van der Waals surface area contributed by atoms with Crippen molar-refractivity contribution in [2.45, 2.75) is 90.9 Å². The topological polar surface area (TPSA) is 9.23 Å². The average Bonchev–Trinajstić information content (AvgIpc) is 2.77. The summed E-state index contributed by atoms with van der Waals surface area (Å²) in [5.41, 5.74) is 0.547. The standard InChI is InChI=1S/C27H40ClFO/c1-3-7-20-10-14-22(15-11-20)23-16-12-21(13-17-23)8-5-6-9-24-18-19-25(30-4-2)26(28)27(24)29/h6,9,18-23H,3-5,7-8,10-17H2,1-2H3/b9-6+. The maximum atomic E-state index is 14.4. The average molecular weight is 435 g/mol. The molecule has 0 spiro atoms. The van der Waals surface area contributed by atoms with Crippen LogP contribution in [0.4, 0.5) is 4.39 Å². The molecule has 3 rings (SSSR count). The molecule has 0 aromatic heterocycles. The number of benzene rings is 1. The molecule has 30 heavy (non-hydrogen) atoms. The molecule has 1 nitrogen and oxygen atoms in total. The van der Waals surface area contributed by atoms with Crippen molar-refractivity contribution < 1.29 is 9.13 Å². The lowest BCUT2D eigenvalue weighted by Gasteiger charge is -2.38. The summed E-state index contributed by atoms with van der Waals surface area (Å²) in [5, 5.41) is 0.0843. The predicted octanol–water partition coefficient (Wildman–Crippen LogP) is 9.08. The summed E-state index contributed by atoms with van der Waals surface area (Å²) in [7, 11) is 0. The molecule has 0 heterocycles. The molecule has 1 aromatic carbocycles.